The molecule has 5 heteroatoms. The molecule has 0 fully saturated rings. The van der Waals surface area contributed by atoms with E-state index in [-0.39, 0.29) is 11.1 Å². The maximum atomic E-state index is 11.7. The molecule has 0 amide bonds. The van der Waals surface area contributed by atoms with E-state index in [1.54, 1.807) is 0 Å². The number of carbonyl (C=O) groups is 2. The molecular weight excluding hydrogens is 246 g/mol. The van der Waals surface area contributed by atoms with Gasteiger partial charge in [-0.05, 0) is 11.6 Å². The molecule has 0 saturated heterocycles. The van der Waals surface area contributed by atoms with Crippen LogP contribution in [0.3, 0.4) is 0 Å². The Morgan fingerprint density at radius 1 is 1.11 bits per heavy atom. The van der Waals surface area contributed by atoms with Crippen molar-refractivity contribution in [3.05, 3.63) is 53.7 Å². The highest BCUT2D eigenvalue weighted by atomic mass is 16.5. The number of aromatic nitrogens is 1. The van der Waals surface area contributed by atoms with E-state index in [4.69, 9.17) is 0 Å². The first-order valence-electron chi connectivity index (χ1n) is 5.56. The van der Waals surface area contributed by atoms with Crippen LogP contribution >= 0.6 is 0 Å². The fraction of sp³-hybridized carbons (Fsp3) is 0.143. The minimum Gasteiger partial charge on any atom is -0.465 e. The Balaban J connectivity index is 2.50. The maximum Gasteiger partial charge on any atom is 0.340 e. The first-order valence-corrected chi connectivity index (χ1v) is 5.56. The van der Waals surface area contributed by atoms with E-state index in [2.05, 4.69) is 14.5 Å². The number of hydrogen-bond acceptors (Lipinski definition) is 5. The summed E-state index contributed by atoms with van der Waals surface area (Å²) < 4.78 is 9.28. The van der Waals surface area contributed by atoms with Crippen LogP contribution in [0.2, 0.25) is 0 Å². The van der Waals surface area contributed by atoms with Crippen LogP contribution < -0.4 is 0 Å². The van der Waals surface area contributed by atoms with Crippen LogP contribution in [0.1, 0.15) is 26.4 Å². The third-order valence-electron chi connectivity index (χ3n) is 2.67. The molecule has 1 heterocycles. The van der Waals surface area contributed by atoms with Crippen LogP contribution in [0.4, 0.5) is 0 Å². The highest BCUT2D eigenvalue weighted by molar-refractivity contribution is 6.03. The molecule has 0 atom stereocenters. The van der Waals surface area contributed by atoms with E-state index in [0.29, 0.717) is 5.69 Å². The lowest BCUT2D eigenvalue weighted by molar-refractivity contribution is 0.0554. The number of pyridine rings is 1. The summed E-state index contributed by atoms with van der Waals surface area (Å²) in [6, 6.07) is 1.52. The van der Waals surface area contributed by atoms with Crippen LogP contribution in [-0.4, -0.2) is 31.1 Å². The van der Waals surface area contributed by atoms with Gasteiger partial charge < -0.3 is 9.47 Å². The van der Waals surface area contributed by atoms with E-state index >= 15 is 0 Å². The number of allylic oxidation sites excluding steroid dienone is 4. The van der Waals surface area contributed by atoms with Crippen LogP contribution in [0.25, 0.3) is 5.57 Å². The summed E-state index contributed by atoms with van der Waals surface area (Å²) in [6.45, 7) is 0. The number of methoxy groups -OCH3 is 2. The van der Waals surface area contributed by atoms with Gasteiger partial charge in [0, 0.05) is 12.6 Å². The molecule has 0 saturated carbocycles. The van der Waals surface area contributed by atoms with Gasteiger partial charge in [0.2, 0.25) is 0 Å². The summed E-state index contributed by atoms with van der Waals surface area (Å²) in [6.07, 6.45) is 8.77. The van der Waals surface area contributed by atoms with E-state index in [9.17, 15) is 9.59 Å². The molecule has 1 aliphatic rings. The van der Waals surface area contributed by atoms with Crippen molar-refractivity contribution >= 4 is 17.5 Å². The average molecular weight is 258 g/mol. The topological polar surface area (TPSA) is 65.5 Å². The van der Waals surface area contributed by atoms with Gasteiger partial charge in [0.25, 0.3) is 0 Å². The number of esters is 2. The highest BCUT2D eigenvalue weighted by Gasteiger charge is 2.20. The maximum absolute atomic E-state index is 11.7. The Morgan fingerprint density at radius 2 is 1.79 bits per heavy atom. The molecule has 0 bridgehead atoms. The summed E-state index contributed by atoms with van der Waals surface area (Å²) in [5.74, 6) is -1.22. The van der Waals surface area contributed by atoms with Crippen molar-refractivity contribution in [3.63, 3.8) is 0 Å². The Bertz CT molecular complexity index is 587. The van der Waals surface area contributed by atoms with Gasteiger partial charge in [-0.1, -0.05) is 18.2 Å². The van der Waals surface area contributed by atoms with Crippen molar-refractivity contribution in [2.75, 3.05) is 14.2 Å². The van der Waals surface area contributed by atoms with Crippen LogP contribution in [0, 0.1) is 6.42 Å². The van der Waals surface area contributed by atoms with Gasteiger partial charge in [-0.25, -0.2) is 9.59 Å². The Hall–Kier alpha value is -2.43. The van der Waals surface area contributed by atoms with Gasteiger partial charge in [0.05, 0.1) is 31.0 Å². The molecule has 19 heavy (non-hydrogen) atoms. The van der Waals surface area contributed by atoms with E-state index < -0.39 is 11.9 Å². The fourth-order valence-electron chi connectivity index (χ4n) is 1.71. The summed E-state index contributed by atoms with van der Waals surface area (Å²) in [7, 11) is 2.50. The molecule has 0 N–H and O–H groups in total. The molecule has 1 radical (unpaired) electrons. The minimum absolute atomic E-state index is 0.0876. The van der Waals surface area contributed by atoms with E-state index in [0.717, 1.165) is 5.57 Å². The van der Waals surface area contributed by atoms with Crippen molar-refractivity contribution in [3.8, 4) is 0 Å². The van der Waals surface area contributed by atoms with Gasteiger partial charge in [-0.15, -0.1) is 0 Å². The largest absolute Gasteiger partial charge is 0.465 e. The number of ether oxygens (including phenoxy) is 2. The Morgan fingerprint density at radius 3 is 2.37 bits per heavy atom. The molecule has 0 unspecified atom stereocenters. The lowest BCUT2D eigenvalue weighted by atomic mass is 10.1. The fourth-order valence-corrected chi connectivity index (χ4v) is 1.71. The zero-order chi connectivity index (χ0) is 13.8. The second kappa shape index (κ2) is 5.48. The van der Waals surface area contributed by atoms with Crippen molar-refractivity contribution < 1.29 is 19.1 Å². The van der Waals surface area contributed by atoms with Crippen molar-refractivity contribution in [1.82, 2.24) is 4.98 Å². The summed E-state index contributed by atoms with van der Waals surface area (Å²) in [5.41, 5.74) is 1.69. The second-order valence-electron chi connectivity index (χ2n) is 3.77. The van der Waals surface area contributed by atoms with E-state index in [1.807, 2.05) is 24.6 Å². The lowest BCUT2D eigenvalue weighted by Gasteiger charge is -2.08. The van der Waals surface area contributed by atoms with Crippen molar-refractivity contribution in [1.29, 1.82) is 0 Å². The molecule has 97 valence electrons. The predicted octanol–water partition coefficient (Wildman–Crippen LogP) is 1.81. The molecular formula is C14H12NO4. The third-order valence-corrected chi connectivity index (χ3v) is 2.67. The minimum atomic E-state index is -0.623. The number of nitrogens with zero attached hydrogens (tertiary/aromatic N) is 1. The standard InChI is InChI=1S/C14H12NO4/c1-18-13(16)10-7-12(9-5-3-4-6-9)15-8-11(10)14(17)19-2/h3-8H,1-2H3. The monoisotopic (exact) mass is 258 g/mol. The molecule has 1 aliphatic carbocycles. The number of hydrogen-bond donors (Lipinski definition) is 0. The summed E-state index contributed by atoms with van der Waals surface area (Å²) in [4.78, 5) is 27.5. The summed E-state index contributed by atoms with van der Waals surface area (Å²) in [5, 5.41) is 0. The smallest absolute Gasteiger partial charge is 0.340 e. The normalized spacial score (nSPS) is 13.1. The molecule has 2 rings (SSSR count). The average Bonchev–Trinajstić information content (AvgIpc) is 2.99. The zero-order valence-corrected chi connectivity index (χ0v) is 10.5. The Kier molecular flexibility index (Phi) is 3.75. The van der Waals surface area contributed by atoms with Gasteiger partial charge in [0.15, 0.2) is 0 Å². The lowest BCUT2D eigenvalue weighted by Crippen LogP contribution is -2.13. The SMILES string of the molecule is COC(=O)c1cnc(C2=C[CH]C=C2)cc1C(=O)OC. The van der Waals surface area contributed by atoms with Crippen molar-refractivity contribution in [2.24, 2.45) is 0 Å². The highest BCUT2D eigenvalue weighted by Crippen LogP contribution is 2.22. The Labute approximate surface area is 110 Å². The summed E-state index contributed by atoms with van der Waals surface area (Å²) >= 11 is 0. The van der Waals surface area contributed by atoms with Crippen LogP contribution in [0.15, 0.2) is 30.5 Å². The third kappa shape index (κ3) is 2.54. The molecule has 0 aliphatic heterocycles. The molecule has 1 aromatic rings. The molecule has 5 nitrogen and oxygen atoms in total. The van der Waals surface area contributed by atoms with Gasteiger partial charge in [-0.3, -0.25) is 4.98 Å². The van der Waals surface area contributed by atoms with E-state index in [1.165, 1.54) is 26.5 Å². The van der Waals surface area contributed by atoms with Crippen LogP contribution in [0.5, 0.6) is 0 Å². The second-order valence-corrected chi connectivity index (χ2v) is 3.77. The predicted molar refractivity (Wildman–Crippen MR) is 68.3 cm³/mol. The number of rotatable bonds is 3. The van der Waals surface area contributed by atoms with Crippen LogP contribution in [-0.2, 0) is 9.47 Å². The number of carbonyl (C=O) groups excluding carboxylic acids is 2. The molecule has 0 aromatic carbocycles. The first kappa shape index (κ1) is 13.0. The molecule has 1 aromatic heterocycles. The van der Waals surface area contributed by atoms with Gasteiger partial charge >= 0.3 is 11.9 Å². The molecule has 0 spiro atoms. The quantitative estimate of drug-likeness (QED) is 0.773. The van der Waals surface area contributed by atoms with Gasteiger partial charge in [-0.2, -0.15) is 0 Å². The first-order chi connectivity index (χ1) is 9.17. The van der Waals surface area contributed by atoms with Crippen molar-refractivity contribution in [2.45, 2.75) is 0 Å². The zero-order valence-electron chi connectivity index (χ0n) is 10.5. The van der Waals surface area contributed by atoms with Gasteiger partial charge in [0.1, 0.15) is 0 Å².